The van der Waals surface area contributed by atoms with E-state index in [9.17, 15) is 9.18 Å². The molecule has 0 unspecified atom stereocenters. The Balaban J connectivity index is 1.67. The minimum Gasteiger partial charge on any atom is -0.480 e. The molecule has 0 atom stereocenters. The van der Waals surface area contributed by atoms with Gasteiger partial charge in [0.2, 0.25) is 5.88 Å². The molecule has 1 fully saturated rings. The third-order valence-electron chi connectivity index (χ3n) is 4.57. The fourth-order valence-corrected chi connectivity index (χ4v) is 3.22. The first kappa shape index (κ1) is 17.3. The lowest BCUT2D eigenvalue weighted by molar-refractivity contribution is 0.183. The summed E-state index contributed by atoms with van der Waals surface area (Å²) < 4.78 is 19.4. The van der Waals surface area contributed by atoms with Crippen molar-refractivity contribution in [2.24, 2.45) is 0 Å². The van der Waals surface area contributed by atoms with Crippen molar-refractivity contribution in [3.63, 3.8) is 0 Å². The summed E-state index contributed by atoms with van der Waals surface area (Å²) >= 11 is 0. The van der Waals surface area contributed by atoms with Crippen LogP contribution in [0.3, 0.4) is 0 Å². The zero-order valence-electron chi connectivity index (χ0n) is 14.0. The first-order valence-electron chi connectivity index (χ1n) is 8.27. The molecule has 0 saturated heterocycles. The summed E-state index contributed by atoms with van der Waals surface area (Å²) in [6, 6.07) is 3.22. The second kappa shape index (κ2) is 7.60. The quantitative estimate of drug-likeness (QED) is 0.768. The number of amides is 1. The average Bonchev–Trinajstić information content (AvgIpc) is 2.61. The van der Waals surface area contributed by atoms with Crippen LogP contribution in [0.5, 0.6) is 5.88 Å². The van der Waals surface area contributed by atoms with Gasteiger partial charge in [-0.15, -0.1) is 0 Å². The lowest BCUT2D eigenvalue weighted by Crippen LogP contribution is -2.41. The molecule has 0 spiro atoms. The normalized spacial score (nSPS) is 20.4. The van der Waals surface area contributed by atoms with Crippen LogP contribution in [0.15, 0.2) is 18.3 Å². The van der Waals surface area contributed by atoms with Crippen LogP contribution in [0, 0.1) is 5.82 Å². The Hall–Kier alpha value is -2.48. The maximum absolute atomic E-state index is 14.3. The summed E-state index contributed by atoms with van der Waals surface area (Å²) in [5.41, 5.74) is 1.58. The van der Waals surface area contributed by atoms with Crippen molar-refractivity contribution in [2.45, 2.75) is 44.3 Å². The SMILES string of the molecule is COc1cnc2ccc(F)c(CN[C@H]3CC[C@H](NC(=O)O)CC3)c2n1. The molecule has 8 heteroatoms. The van der Waals surface area contributed by atoms with Gasteiger partial charge in [0.25, 0.3) is 0 Å². The van der Waals surface area contributed by atoms with Crippen molar-refractivity contribution in [1.29, 1.82) is 0 Å². The molecule has 3 N–H and O–H groups in total. The van der Waals surface area contributed by atoms with Gasteiger partial charge in [-0.2, -0.15) is 0 Å². The molecule has 0 radical (unpaired) electrons. The first-order valence-corrected chi connectivity index (χ1v) is 8.27. The number of fused-ring (bicyclic) bond motifs is 1. The van der Waals surface area contributed by atoms with E-state index in [2.05, 4.69) is 20.6 Å². The molecule has 1 saturated carbocycles. The third-order valence-corrected chi connectivity index (χ3v) is 4.57. The van der Waals surface area contributed by atoms with Crippen LogP contribution in [-0.2, 0) is 6.54 Å². The number of ether oxygens (including phenoxy) is 1. The van der Waals surface area contributed by atoms with Crippen LogP contribution in [0.25, 0.3) is 11.0 Å². The van der Waals surface area contributed by atoms with E-state index in [1.807, 2.05) is 0 Å². The molecule has 1 aliphatic rings. The van der Waals surface area contributed by atoms with Gasteiger partial charge in [-0.05, 0) is 37.8 Å². The van der Waals surface area contributed by atoms with Gasteiger partial charge in [0.1, 0.15) is 11.3 Å². The summed E-state index contributed by atoms with van der Waals surface area (Å²) in [6.45, 7) is 0.340. The van der Waals surface area contributed by atoms with Gasteiger partial charge in [0.15, 0.2) is 0 Å². The second-order valence-electron chi connectivity index (χ2n) is 6.18. The molecule has 1 aromatic carbocycles. The predicted molar refractivity (Wildman–Crippen MR) is 90.1 cm³/mol. The summed E-state index contributed by atoms with van der Waals surface area (Å²) in [5.74, 6) is 0.0170. The summed E-state index contributed by atoms with van der Waals surface area (Å²) in [6.07, 6.45) is 3.75. The topological polar surface area (TPSA) is 96.4 Å². The van der Waals surface area contributed by atoms with Crippen molar-refractivity contribution < 1.29 is 19.0 Å². The number of carboxylic acid groups (broad SMARTS) is 1. The Morgan fingerprint density at radius 2 is 2.04 bits per heavy atom. The van der Waals surface area contributed by atoms with Gasteiger partial charge in [-0.1, -0.05) is 0 Å². The number of halogens is 1. The zero-order chi connectivity index (χ0) is 17.8. The van der Waals surface area contributed by atoms with E-state index in [-0.39, 0.29) is 17.9 Å². The highest BCUT2D eigenvalue weighted by Gasteiger charge is 2.22. The fourth-order valence-electron chi connectivity index (χ4n) is 3.22. The highest BCUT2D eigenvalue weighted by atomic mass is 19.1. The Labute approximate surface area is 144 Å². The number of carbonyl (C=O) groups is 1. The number of methoxy groups -OCH3 is 1. The van der Waals surface area contributed by atoms with Crippen LogP contribution < -0.4 is 15.4 Å². The molecular formula is C17H21FN4O3. The number of hydrogen-bond acceptors (Lipinski definition) is 5. The molecule has 25 heavy (non-hydrogen) atoms. The van der Waals surface area contributed by atoms with Gasteiger partial charge >= 0.3 is 6.09 Å². The van der Waals surface area contributed by atoms with Crippen molar-refractivity contribution in [3.8, 4) is 5.88 Å². The predicted octanol–water partition coefficient (Wildman–Crippen LogP) is 2.45. The molecule has 1 heterocycles. The molecule has 134 valence electrons. The molecule has 0 bridgehead atoms. The molecule has 1 aliphatic carbocycles. The summed E-state index contributed by atoms with van der Waals surface area (Å²) in [4.78, 5) is 19.2. The van der Waals surface area contributed by atoms with Crippen molar-refractivity contribution >= 4 is 17.1 Å². The van der Waals surface area contributed by atoms with Gasteiger partial charge in [-0.25, -0.2) is 19.2 Å². The van der Waals surface area contributed by atoms with E-state index < -0.39 is 6.09 Å². The summed E-state index contributed by atoms with van der Waals surface area (Å²) in [7, 11) is 1.50. The Morgan fingerprint density at radius 1 is 1.32 bits per heavy atom. The first-order chi connectivity index (χ1) is 12.1. The number of aromatic nitrogens is 2. The standard InChI is InChI=1S/C17H21FN4O3/c1-25-15-9-20-14-7-6-13(18)12(16(14)22-15)8-19-10-2-4-11(5-3-10)21-17(23)24/h6-7,9-11,19,21H,2-5,8H2,1H3,(H,23,24)/t10-,11-. The molecule has 0 aliphatic heterocycles. The molecule has 3 rings (SSSR count). The van der Waals surface area contributed by atoms with E-state index >= 15 is 0 Å². The monoisotopic (exact) mass is 348 g/mol. The van der Waals surface area contributed by atoms with E-state index in [1.54, 1.807) is 6.07 Å². The zero-order valence-corrected chi connectivity index (χ0v) is 14.0. The third kappa shape index (κ3) is 4.14. The van der Waals surface area contributed by atoms with Crippen LogP contribution in [0.4, 0.5) is 9.18 Å². The van der Waals surface area contributed by atoms with E-state index in [1.165, 1.54) is 19.4 Å². The molecular weight excluding hydrogens is 327 g/mol. The summed E-state index contributed by atoms with van der Waals surface area (Å²) in [5, 5.41) is 14.6. The van der Waals surface area contributed by atoms with Crippen LogP contribution in [-0.4, -0.2) is 40.4 Å². The second-order valence-corrected chi connectivity index (χ2v) is 6.18. The van der Waals surface area contributed by atoms with Crippen LogP contribution >= 0.6 is 0 Å². The fraction of sp³-hybridized carbons (Fsp3) is 0.471. The Bertz CT molecular complexity index is 763. The van der Waals surface area contributed by atoms with Crippen LogP contribution in [0.1, 0.15) is 31.2 Å². The minimum atomic E-state index is -0.984. The smallest absolute Gasteiger partial charge is 0.404 e. The van der Waals surface area contributed by atoms with Gasteiger partial charge < -0.3 is 20.5 Å². The minimum absolute atomic E-state index is 0.0000284. The molecule has 7 nitrogen and oxygen atoms in total. The number of benzene rings is 1. The lowest BCUT2D eigenvalue weighted by atomic mass is 9.91. The van der Waals surface area contributed by atoms with E-state index in [0.717, 1.165) is 25.7 Å². The Morgan fingerprint density at radius 3 is 2.72 bits per heavy atom. The van der Waals surface area contributed by atoms with Gasteiger partial charge in [0, 0.05) is 24.2 Å². The number of nitrogens with one attached hydrogen (secondary N) is 2. The Kier molecular flexibility index (Phi) is 5.28. The largest absolute Gasteiger partial charge is 0.480 e. The maximum atomic E-state index is 14.3. The molecule has 1 aromatic heterocycles. The molecule has 1 amide bonds. The number of nitrogens with zero attached hydrogens (tertiary/aromatic N) is 2. The lowest BCUT2D eigenvalue weighted by Gasteiger charge is -2.29. The van der Waals surface area contributed by atoms with Crippen molar-refractivity contribution in [1.82, 2.24) is 20.6 Å². The van der Waals surface area contributed by atoms with Gasteiger partial charge in [-0.3, -0.25) is 0 Å². The molecule has 2 aromatic rings. The van der Waals surface area contributed by atoms with Gasteiger partial charge in [0.05, 0.1) is 18.8 Å². The van der Waals surface area contributed by atoms with Crippen LogP contribution in [0.2, 0.25) is 0 Å². The average molecular weight is 348 g/mol. The van der Waals surface area contributed by atoms with E-state index in [4.69, 9.17) is 9.84 Å². The highest BCUT2D eigenvalue weighted by Crippen LogP contribution is 2.23. The number of rotatable bonds is 5. The maximum Gasteiger partial charge on any atom is 0.404 e. The van der Waals surface area contributed by atoms with E-state index in [0.29, 0.717) is 29.0 Å². The van der Waals surface area contributed by atoms with Crippen molar-refractivity contribution in [3.05, 3.63) is 29.7 Å². The number of hydrogen-bond donors (Lipinski definition) is 3. The highest BCUT2D eigenvalue weighted by molar-refractivity contribution is 5.78. The van der Waals surface area contributed by atoms with Crippen molar-refractivity contribution in [2.75, 3.05) is 7.11 Å².